The Morgan fingerprint density at radius 1 is 1.42 bits per heavy atom. The Labute approximate surface area is 121 Å². The van der Waals surface area contributed by atoms with E-state index in [-0.39, 0.29) is 11.3 Å². The molecule has 100 valence electrons. The van der Waals surface area contributed by atoms with Gasteiger partial charge < -0.3 is 10.1 Å². The molecule has 1 unspecified atom stereocenters. The highest BCUT2D eigenvalue weighted by molar-refractivity contribution is 7.12. The second-order valence-electron chi connectivity index (χ2n) is 3.94. The molecule has 5 heteroatoms. The number of methoxy groups -OCH3 is 1. The summed E-state index contributed by atoms with van der Waals surface area (Å²) in [6, 6.07) is 11.4. The summed E-state index contributed by atoms with van der Waals surface area (Å²) in [5, 5.41) is 4.38. The van der Waals surface area contributed by atoms with E-state index in [1.807, 2.05) is 30.3 Å². The van der Waals surface area contributed by atoms with Gasteiger partial charge in [0.05, 0.1) is 17.4 Å². The number of amides is 1. The third-order valence-corrected chi connectivity index (χ3v) is 3.95. The third-order valence-electron chi connectivity index (χ3n) is 2.64. The molecule has 0 bridgehead atoms. The number of halogens is 1. The lowest BCUT2D eigenvalue weighted by Crippen LogP contribution is -2.26. The Balaban J connectivity index is 1.90. The molecule has 1 aromatic heterocycles. The average molecular weight is 296 g/mol. The lowest BCUT2D eigenvalue weighted by Gasteiger charge is -2.10. The Bertz CT molecular complexity index is 541. The van der Waals surface area contributed by atoms with Crippen molar-refractivity contribution in [2.75, 3.05) is 13.7 Å². The van der Waals surface area contributed by atoms with Gasteiger partial charge in [-0.2, -0.15) is 0 Å². The number of carbonyl (C=O) groups is 1. The molecule has 3 nitrogen and oxygen atoms in total. The zero-order chi connectivity index (χ0) is 13.7. The van der Waals surface area contributed by atoms with E-state index >= 15 is 0 Å². The summed E-state index contributed by atoms with van der Waals surface area (Å²) in [5.41, 5.74) is 0.994. The lowest BCUT2D eigenvalue weighted by molar-refractivity contribution is 0.0957. The van der Waals surface area contributed by atoms with Crippen LogP contribution in [0.5, 0.6) is 5.75 Å². The summed E-state index contributed by atoms with van der Waals surface area (Å²) in [4.78, 5) is 12.5. The molecular formula is C14H14ClNO2S. The van der Waals surface area contributed by atoms with Gasteiger partial charge >= 0.3 is 0 Å². The highest BCUT2D eigenvalue weighted by atomic mass is 35.5. The van der Waals surface area contributed by atoms with Crippen LogP contribution >= 0.6 is 22.9 Å². The SMILES string of the molecule is COc1csc(C(=O)NCC(Cl)c2ccccc2)c1. The Hall–Kier alpha value is -1.52. The quantitative estimate of drug-likeness (QED) is 0.858. The van der Waals surface area contributed by atoms with E-state index in [9.17, 15) is 4.79 Å². The van der Waals surface area contributed by atoms with Crippen LogP contribution in [0.25, 0.3) is 0 Å². The van der Waals surface area contributed by atoms with E-state index in [1.54, 1.807) is 18.6 Å². The summed E-state index contributed by atoms with van der Waals surface area (Å²) >= 11 is 7.58. The minimum atomic E-state index is -0.230. The first-order chi connectivity index (χ1) is 9.20. The minimum Gasteiger partial charge on any atom is -0.496 e. The summed E-state index contributed by atoms with van der Waals surface area (Å²) < 4.78 is 5.04. The van der Waals surface area contributed by atoms with Crippen molar-refractivity contribution in [2.45, 2.75) is 5.38 Å². The van der Waals surface area contributed by atoms with Gasteiger partial charge in [-0.05, 0) is 5.56 Å². The van der Waals surface area contributed by atoms with Crippen LogP contribution in [-0.4, -0.2) is 19.6 Å². The topological polar surface area (TPSA) is 38.3 Å². The highest BCUT2D eigenvalue weighted by Gasteiger charge is 2.12. The predicted octanol–water partition coefficient (Wildman–Crippen LogP) is 3.47. The first-order valence-electron chi connectivity index (χ1n) is 5.80. The molecule has 0 aliphatic heterocycles. The smallest absolute Gasteiger partial charge is 0.261 e. The van der Waals surface area contributed by atoms with Gasteiger partial charge in [-0.15, -0.1) is 22.9 Å². The van der Waals surface area contributed by atoms with Crippen molar-refractivity contribution in [3.05, 3.63) is 52.2 Å². The van der Waals surface area contributed by atoms with Gasteiger partial charge in [0, 0.05) is 18.0 Å². The fraction of sp³-hybridized carbons (Fsp3) is 0.214. The van der Waals surface area contributed by atoms with Gasteiger partial charge in [0.25, 0.3) is 5.91 Å². The summed E-state index contributed by atoms with van der Waals surface area (Å²) in [6.45, 7) is 0.393. The van der Waals surface area contributed by atoms with E-state index in [2.05, 4.69) is 5.32 Å². The number of nitrogens with one attached hydrogen (secondary N) is 1. The maximum Gasteiger partial charge on any atom is 0.261 e. The molecule has 1 aromatic carbocycles. The largest absolute Gasteiger partial charge is 0.496 e. The van der Waals surface area contributed by atoms with Crippen molar-refractivity contribution >= 4 is 28.8 Å². The van der Waals surface area contributed by atoms with Crippen LogP contribution in [0.4, 0.5) is 0 Å². The number of benzene rings is 1. The number of alkyl halides is 1. The standard InChI is InChI=1S/C14H14ClNO2S/c1-18-11-7-13(19-9-11)14(17)16-8-12(15)10-5-3-2-4-6-10/h2-7,9,12H,8H2,1H3,(H,16,17). The van der Waals surface area contributed by atoms with Gasteiger partial charge in [-0.25, -0.2) is 0 Å². The van der Waals surface area contributed by atoms with Crippen molar-refractivity contribution in [2.24, 2.45) is 0 Å². The van der Waals surface area contributed by atoms with Gasteiger partial charge in [0.2, 0.25) is 0 Å². The molecule has 0 spiro atoms. The predicted molar refractivity (Wildman–Crippen MR) is 78.2 cm³/mol. The second kappa shape index (κ2) is 6.59. The van der Waals surface area contributed by atoms with Crippen molar-refractivity contribution in [1.82, 2.24) is 5.32 Å². The molecule has 0 saturated carbocycles. The van der Waals surface area contributed by atoms with Crippen LogP contribution in [0, 0.1) is 0 Å². The molecule has 1 amide bonds. The molecule has 0 aliphatic rings. The first-order valence-corrected chi connectivity index (χ1v) is 7.12. The average Bonchev–Trinajstić information content (AvgIpc) is 2.94. The zero-order valence-electron chi connectivity index (χ0n) is 10.4. The number of ether oxygens (including phenoxy) is 1. The lowest BCUT2D eigenvalue weighted by atomic mass is 10.1. The highest BCUT2D eigenvalue weighted by Crippen LogP contribution is 2.22. The maximum atomic E-state index is 11.9. The van der Waals surface area contributed by atoms with Crippen LogP contribution in [0.2, 0.25) is 0 Å². The molecule has 1 N–H and O–H groups in total. The van der Waals surface area contributed by atoms with Crippen LogP contribution in [0.1, 0.15) is 20.6 Å². The van der Waals surface area contributed by atoms with Crippen LogP contribution < -0.4 is 10.1 Å². The van der Waals surface area contributed by atoms with Crippen molar-refractivity contribution in [3.8, 4) is 5.75 Å². The second-order valence-corrected chi connectivity index (χ2v) is 5.38. The van der Waals surface area contributed by atoms with Crippen molar-refractivity contribution < 1.29 is 9.53 Å². The van der Waals surface area contributed by atoms with E-state index < -0.39 is 0 Å². The summed E-state index contributed by atoms with van der Waals surface area (Å²) in [7, 11) is 1.58. The number of carbonyl (C=O) groups excluding carboxylic acids is 1. The van der Waals surface area contributed by atoms with Gasteiger partial charge in [0.15, 0.2) is 0 Å². The summed E-state index contributed by atoms with van der Waals surface area (Å²) in [5.74, 6) is 0.565. The van der Waals surface area contributed by atoms with Crippen molar-refractivity contribution in [1.29, 1.82) is 0 Å². The molecule has 0 aliphatic carbocycles. The van der Waals surface area contributed by atoms with E-state index in [0.29, 0.717) is 17.2 Å². The normalized spacial score (nSPS) is 11.9. The van der Waals surface area contributed by atoms with Crippen LogP contribution in [-0.2, 0) is 0 Å². The monoisotopic (exact) mass is 295 g/mol. The number of hydrogen-bond donors (Lipinski definition) is 1. The van der Waals surface area contributed by atoms with Crippen LogP contribution in [0.15, 0.2) is 41.8 Å². The molecule has 2 rings (SSSR count). The fourth-order valence-electron chi connectivity index (χ4n) is 1.59. The molecule has 19 heavy (non-hydrogen) atoms. The number of hydrogen-bond acceptors (Lipinski definition) is 3. The minimum absolute atomic E-state index is 0.130. The fourth-order valence-corrected chi connectivity index (χ4v) is 2.59. The van der Waals surface area contributed by atoms with E-state index in [0.717, 1.165) is 5.56 Å². The molecule has 0 fully saturated rings. The Morgan fingerprint density at radius 2 is 2.16 bits per heavy atom. The van der Waals surface area contributed by atoms with Gasteiger partial charge in [0.1, 0.15) is 5.75 Å². The zero-order valence-corrected chi connectivity index (χ0v) is 12.0. The molecule has 1 heterocycles. The molecule has 2 aromatic rings. The maximum absolute atomic E-state index is 11.9. The number of rotatable bonds is 5. The van der Waals surface area contributed by atoms with Gasteiger partial charge in [-0.3, -0.25) is 4.79 Å². The third kappa shape index (κ3) is 3.72. The van der Waals surface area contributed by atoms with Crippen LogP contribution in [0.3, 0.4) is 0 Å². The van der Waals surface area contributed by atoms with Gasteiger partial charge in [-0.1, -0.05) is 30.3 Å². The molecule has 0 radical (unpaired) electrons. The van der Waals surface area contributed by atoms with Crippen molar-refractivity contribution in [3.63, 3.8) is 0 Å². The molecular weight excluding hydrogens is 282 g/mol. The first kappa shape index (κ1) is 13.9. The summed E-state index contributed by atoms with van der Waals surface area (Å²) in [6.07, 6.45) is 0. The van der Waals surface area contributed by atoms with E-state index in [4.69, 9.17) is 16.3 Å². The number of thiophene rings is 1. The molecule has 1 atom stereocenters. The Morgan fingerprint density at radius 3 is 2.79 bits per heavy atom. The molecule has 0 saturated heterocycles. The Kier molecular flexibility index (Phi) is 4.82. The van der Waals surface area contributed by atoms with E-state index in [1.165, 1.54) is 11.3 Å².